The van der Waals surface area contributed by atoms with Crippen molar-refractivity contribution in [2.24, 2.45) is 5.92 Å². The third kappa shape index (κ3) is 3.34. The number of rotatable bonds is 4. The maximum Gasteiger partial charge on any atom is 0.239 e. The van der Waals surface area contributed by atoms with Gasteiger partial charge in [-0.1, -0.05) is 18.2 Å². The summed E-state index contributed by atoms with van der Waals surface area (Å²) in [4.78, 5) is 16.7. The zero-order chi connectivity index (χ0) is 17.3. The van der Waals surface area contributed by atoms with Gasteiger partial charge in [-0.3, -0.25) is 15.1 Å². The van der Waals surface area contributed by atoms with Crippen LogP contribution in [-0.4, -0.2) is 54.5 Å². The average molecular weight is 330 g/mol. The van der Waals surface area contributed by atoms with Gasteiger partial charge in [-0.15, -0.1) is 0 Å². The molecule has 0 aliphatic carbocycles. The number of carbonyl (C=O) groups is 1. The van der Waals surface area contributed by atoms with E-state index in [2.05, 4.69) is 54.7 Å². The highest BCUT2D eigenvalue weighted by molar-refractivity contribution is 5.82. The Morgan fingerprint density at radius 3 is 2.71 bits per heavy atom. The number of hydrazine groups is 1. The van der Waals surface area contributed by atoms with Crippen LogP contribution in [0.1, 0.15) is 36.6 Å². The number of hydrogen-bond donors (Lipinski definition) is 2. The fourth-order valence-corrected chi connectivity index (χ4v) is 3.86. The second-order valence-corrected chi connectivity index (χ2v) is 7.20. The number of benzene rings is 1. The Balaban J connectivity index is 1.70. The molecule has 2 unspecified atom stereocenters. The molecule has 3 atom stereocenters. The summed E-state index contributed by atoms with van der Waals surface area (Å²) in [6.07, 6.45) is 0. The monoisotopic (exact) mass is 330 g/mol. The smallest absolute Gasteiger partial charge is 0.239 e. The van der Waals surface area contributed by atoms with Gasteiger partial charge in [0.05, 0.1) is 12.1 Å². The van der Waals surface area contributed by atoms with Crippen LogP contribution in [-0.2, 0) is 4.79 Å². The van der Waals surface area contributed by atoms with Crippen molar-refractivity contribution < 1.29 is 4.79 Å². The van der Waals surface area contributed by atoms with Crippen LogP contribution in [0.2, 0.25) is 0 Å². The van der Waals surface area contributed by atoms with E-state index in [4.69, 9.17) is 0 Å². The van der Waals surface area contributed by atoms with E-state index in [1.165, 1.54) is 16.7 Å². The van der Waals surface area contributed by atoms with E-state index >= 15 is 0 Å². The topological polar surface area (TPSA) is 47.6 Å². The molecule has 1 amide bonds. The molecule has 5 heteroatoms. The minimum Gasteiger partial charge on any atom is -0.340 e. The number of likely N-dealkylation sites (N-methyl/N-ethyl adjacent to an activating group) is 1. The van der Waals surface area contributed by atoms with Gasteiger partial charge in [0.2, 0.25) is 5.91 Å². The van der Waals surface area contributed by atoms with Crippen molar-refractivity contribution in [2.45, 2.75) is 39.8 Å². The molecule has 0 saturated carbocycles. The number of carbonyl (C=O) groups excluding carboxylic acids is 1. The minimum atomic E-state index is -0.0142. The van der Waals surface area contributed by atoms with Gasteiger partial charge in [0.1, 0.15) is 0 Å². The van der Waals surface area contributed by atoms with Crippen LogP contribution in [0.15, 0.2) is 18.2 Å². The van der Waals surface area contributed by atoms with Crippen LogP contribution in [0.5, 0.6) is 0 Å². The van der Waals surface area contributed by atoms with E-state index in [9.17, 15) is 4.79 Å². The summed E-state index contributed by atoms with van der Waals surface area (Å²) < 4.78 is 0. The summed E-state index contributed by atoms with van der Waals surface area (Å²) in [7, 11) is 0. The molecule has 24 heavy (non-hydrogen) atoms. The molecule has 132 valence electrons. The summed E-state index contributed by atoms with van der Waals surface area (Å²) in [6.45, 7) is 12.9. The molecule has 5 nitrogen and oxygen atoms in total. The molecule has 1 aromatic carbocycles. The van der Waals surface area contributed by atoms with Gasteiger partial charge in [0, 0.05) is 38.6 Å². The van der Waals surface area contributed by atoms with Crippen LogP contribution in [0.25, 0.3) is 0 Å². The largest absolute Gasteiger partial charge is 0.340 e. The highest BCUT2D eigenvalue weighted by atomic mass is 16.2. The number of hydrogen-bond acceptors (Lipinski definition) is 4. The summed E-state index contributed by atoms with van der Waals surface area (Å²) in [6, 6.07) is 7.00. The lowest BCUT2D eigenvalue weighted by atomic mass is 9.91. The van der Waals surface area contributed by atoms with Crippen molar-refractivity contribution in [2.75, 3.05) is 32.7 Å². The van der Waals surface area contributed by atoms with E-state index in [-0.39, 0.29) is 11.9 Å². The molecule has 2 heterocycles. The molecule has 3 rings (SSSR count). The van der Waals surface area contributed by atoms with Gasteiger partial charge in [-0.05, 0) is 44.4 Å². The molecule has 2 fully saturated rings. The first-order chi connectivity index (χ1) is 11.5. The fraction of sp³-hybridized carbons (Fsp3) is 0.632. The van der Waals surface area contributed by atoms with Gasteiger partial charge in [0.25, 0.3) is 0 Å². The number of nitrogens with one attached hydrogen (secondary N) is 2. The molecule has 2 saturated heterocycles. The van der Waals surface area contributed by atoms with Crippen molar-refractivity contribution in [3.8, 4) is 0 Å². The van der Waals surface area contributed by atoms with Gasteiger partial charge >= 0.3 is 0 Å². The SMILES string of the molecule is CCN1CCN(CC2CNNC2c2ccc(C)c(C)c2)[C@@H](C)C1=O. The molecule has 2 aliphatic rings. The standard InChI is InChI=1S/C19H30N4O/c1-5-22-8-9-23(15(4)19(22)24)12-17-11-20-21-18(17)16-7-6-13(2)14(3)10-16/h6-7,10,15,17-18,20-21H,5,8-9,11-12H2,1-4H3/t15-,17?,18?/m0/s1. The van der Waals surface area contributed by atoms with Crippen LogP contribution >= 0.6 is 0 Å². The Kier molecular flexibility index (Phi) is 5.23. The van der Waals surface area contributed by atoms with Crippen LogP contribution in [0, 0.1) is 19.8 Å². The van der Waals surface area contributed by atoms with Crippen LogP contribution in [0.4, 0.5) is 0 Å². The Labute approximate surface area is 145 Å². The average Bonchev–Trinajstić information content (AvgIpc) is 3.03. The van der Waals surface area contributed by atoms with E-state index in [0.717, 1.165) is 32.7 Å². The van der Waals surface area contributed by atoms with Gasteiger partial charge < -0.3 is 4.90 Å². The lowest BCUT2D eigenvalue weighted by molar-refractivity contribution is -0.141. The predicted molar refractivity (Wildman–Crippen MR) is 96.6 cm³/mol. The normalized spacial score (nSPS) is 28.6. The van der Waals surface area contributed by atoms with Crippen LogP contribution < -0.4 is 10.9 Å². The van der Waals surface area contributed by atoms with E-state index in [0.29, 0.717) is 12.0 Å². The molecule has 0 spiro atoms. The molecule has 0 radical (unpaired) electrons. The van der Waals surface area contributed by atoms with E-state index < -0.39 is 0 Å². The summed E-state index contributed by atoms with van der Waals surface area (Å²) >= 11 is 0. The van der Waals surface area contributed by atoms with Crippen molar-refractivity contribution >= 4 is 5.91 Å². The summed E-state index contributed by atoms with van der Waals surface area (Å²) in [5.41, 5.74) is 10.7. The Hall–Kier alpha value is -1.43. The Morgan fingerprint density at radius 2 is 2.00 bits per heavy atom. The van der Waals surface area contributed by atoms with Gasteiger partial charge in [-0.2, -0.15) is 0 Å². The number of amides is 1. The lowest BCUT2D eigenvalue weighted by Gasteiger charge is -2.40. The highest BCUT2D eigenvalue weighted by Crippen LogP contribution is 2.28. The minimum absolute atomic E-state index is 0.0142. The lowest BCUT2D eigenvalue weighted by Crippen LogP contribution is -2.56. The number of piperazine rings is 1. The highest BCUT2D eigenvalue weighted by Gasteiger charge is 2.35. The first-order valence-corrected chi connectivity index (χ1v) is 9.09. The third-order valence-corrected chi connectivity index (χ3v) is 5.71. The maximum absolute atomic E-state index is 12.4. The molecule has 0 bridgehead atoms. The van der Waals surface area contributed by atoms with E-state index in [1.807, 2.05) is 11.8 Å². The number of nitrogens with zero attached hydrogens (tertiary/aromatic N) is 2. The Morgan fingerprint density at radius 1 is 1.21 bits per heavy atom. The van der Waals surface area contributed by atoms with Crippen LogP contribution in [0.3, 0.4) is 0 Å². The Bertz CT molecular complexity index is 603. The summed E-state index contributed by atoms with van der Waals surface area (Å²) in [5.74, 6) is 0.737. The number of aryl methyl sites for hydroxylation is 2. The molecule has 0 aromatic heterocycles. The summed E-state index contributed by atoms with van der Waals surface area (Å²) in [5, 5.41) is 0. The zero-order valence-electron chi connectivity index (χ0n) is 15.3. The third-order valence-electron chi connectivity index (χ3n) is 5.71. The van der Waals surface area contributed by atoms with Crippen molar-refractivity contribution in [3.05, 3.63) is 34.9 Å². The first-order valence-electron chi connectivity index (χ1n) is 9.09. The quantitative estimate of drug-likeness (QED) is 0.881. The van der Waals surface area contributed by atoms with Gasteiger partial charge in [-0.25, -0.2) is 5.43 Å². The van der Waals surface area contributed by atoms with Gasteiger partial charge in [0.15, 0.2) is 0 Å². The van der Waals surface area contributed by atoms with E-state index in [1.54, 1.807) is 0 Å². The predicted octanol–water partition coefficient (Wildman–Crippen LogP) is 1.62. The van der Waals surface area contributed by atoms with Crippen molar-refractivity contribution in [1.82, 2.24) is 20.7 Å². The van der Waals surface area contributed by atoms with Crippen molar-refractivity contribution in [1.29, 1.82) is 0 Å². The molecular weight excluding hydrogens is 300 g/mol. The zero-order valence-corrected chi connectivity index (χ0v) is 15.3. The van der Waals surface area contributed by atoms with Crippen molar-refractivity contribution in [3.63, 3.8) is 0 Å². The second kappa shape index (κ2) is 7.21. The molecule has 2 N–H and O–H groups in total. The second-order valence-electron chi connectivity index (χ2n) is 7.20. The molecular formula is C19H30N4O. The first kappa shape index (κ1) is 17.4. The molecule has 2 aliphatic heterocycles. The fourth-order valence-electron chi connectivity index (χ4n) is 3.86. The molecule has 1 aromatic rings. The maximum atomic E-state index is 12.4.